The lowest BCUT2D eigenvalue weighted by Crippen LogP contribution is -2.55. The molecule has 1 saturated heterocycles. The maximum Gasteiger partial charge on any atom is 0.328 e. The number of benzene rings is 1. The lowest BCUT2D eigenvalue weighted by molar-refractivity contribution is -0.132. The Labute approximate surface area is 149 Å². The zero-order valence-electron chi connectivity index (χ0n) is 13.4. The number of H-pyrrole nitrogens is 2. The summed E-state index contributed by atoms with van der Waals surface area (Å²) >= 11 is 0. The van der Waals surface area contributed by atoms with E-state index in [-0.39, 0.29) is 22.5 Å². The van der Waals surface area contributed by atoms with Gasteiger partial charge in [-0.05, 0) is 0 Å². The van der Waals surface area contributed by atoms with Crippen molar-refractivity contribution in [2.75, 3.05) is 0 Å². The Morgan fingerprint density at radius 3 is 2.19 bits per heavy atom. The molecule has 0 saturated carbocycles. The number of nitrogens with one attached hydrogen (secondary N) is 4. The molecule has 0 spiro atoms. The first kappa shape index (κ1) is 16.5. The average molecular weight is 369 g/mol. The van der Waals surface area contributed by atoms with Crippen molar-refractivity contribution in [1.82, 2.24) is 20.6 Å². The molecule has 11 heteroatoms. The van der Waals surface area contributed by atoms with Crippen molar-refractivity contribution in [3.8, 4) is 5.88 Å². The number of aliphatic imine (C=N–C) groups is 1. The van der Waals surface area contributed by atoms with Gasteiger partial charge in [0.2, 0.25) is 12.2 Å². The minimum atomic E-state index is -1.53. The van der Waals surface area contributed by atoms with Crippen LogP contribution in [0.2, 0.25) is 0 Å². The van der Waals surface area contributed by atoms with Gasteiger partial charge in [-0.15, -0.1) is 0 Å². The largest absolute Gasteiger partial charge is 0.494 e. The lowest BCUT2D eigenvalue weighted by atomic mass is 9.98. The van der Waals surface area contributed by atoms with Crippen LogP contribution in [0, 0.1) is 0 Å². The monoisotopic (exact) mass is 369 g/mol. The van der Waals surface area contributed by atoms with Gasteiger partial charge in [-0.3, -0.25) is 24.4 Å². The predicted octanol–water partition coefficient (Wildman–Crippen LogP) is -2.15. The maximum absolute atomic E-state index is 12.2. The summed E-state index contributed by atoms with van der Waals surface area (Å²) in [6.07, 6.45) is -1.53. The molecule has 0 radical (unpaired) electrons. The number of amides is 2. The van der Waals surface area contributed by atoms with Gasteiger partial charge in [0.25, 0.3) is 17.4 Å². The summed E-state index contributed by atoms with van der Waals surface area (Å²) in [6.45, 7) is 0. The van der Waals surface area contributed by atoms with E-state index in [4.69, 9.17) is 0 Å². The Kier molecular flexibility index (Phi) is 3.53. The first-order valence-electron chi connectivity index (χ1n) is 7.65. The minimum Gasteiger partial charge on any atom is -0.494 e. The van der Waals surface area contributed by atoms with Gasteiger partial charge < -0.3 is 20.8 Å². The van der Waals surface area contributed by atoms with Crippen LogP contribution >= 0.6 is 0 Å². The van der Waals surface area contributed by atoms with Crippen molar-refractivity contribution in [2.45, 2.75) is 6.35 Å². The Morgan fingerprint density at radius 1 is 0.926 bits per heavy atom. The predicted molar refractivity (Wildman–Crippen MR) is 90.6 cm³/mol. The molecule has 4 rings (SSSR count). The summed E-state index contributed by atoms with van der Waals surface area (Å²) in [6, 6.07) is 6.45. The molecule has 1 aromatic heterocycles. The lowest BCUT2D eigenvalue weighted by Gasteiger charge is -2.22. The molecule has 2 amide bonds. The molecule has 2 aliphatic heterocycles. The number of hydrogen-bond donors (Lipinski definition) is 6. The van der Waals surface area contributed by atoms with Gasteiger partial charge >= 0.3 is 5.69 Å². The number of rotatable bonds is 1. The number of aromatic nitrogens is 2. The van der Waals surface area contributed by atoms with Gasteiger partial charge in [-0.25, -0.2) is 9.79 Å². The maximum atomic E-state index is 12.2. The van der Waals surface area contributed by atoms with Crippen molar-refractivity contribution >= 4 is 23.2 Å². The van der Waals surface area contributed by atoms with Crippen molar-refractivity contribution in [1.29, 1.82) is 0 Å². The van der Waals surface area contributed by atoms with Gasteiger partial charge in [-0.1, -0.05) is 24.3 Å². The number of hydrogen-bond acceptors (Lipinski definition) is 7. The summed E-state index contributed by atoms with van der Waals surface area (Å²) in [5.41, 5.74) is -1.76. The van der Waals surface area contributed by atoms with Crippen molar-refractivity contribution in [3.05, 3.63) is 67.4 Å². The van der Waals surface area contributed by atoms with E-state index in [1.165, 1.54) is 0 Å². The molecule has 0 unspecified atom stereocenters. The highest BCUT2D eigenvalue weighted by Crippen LogP contribution is 2.34. The Bertz CT molecular complexity index is 1170. The smallest absolute Gasteiger partial charge is 0.328 e. The molecule has 1 fully saturated rings. The fourth-order valence-electron chi connectivity index (χ4n) is 2.95. The molecule has 11 nitrogen and oxygen atoms in total. The van der Waals surface area contributed by atoms with E-state index >= 15 is 0 Å². The summed E-state index contributed by atoms with van der Waals surface area (Å²) in [5, 5.41) is 23.7. The first-order chi connectivity index (χ1) is 12.9. The van der Waals surface area contributed by atoms with Crippen molar-refractivity contribution in [2.24, 2.45) is 4.99 Å². The van der Waals surface area contributed by atoms with E-state index in [0.29, 0.717) is 11.1 Å². The third kappa shape index (κ3) is 2.53. The Morgan fingerprint density at radius 2 is 1.56 bits per heavy atom. The molecule has 0 bridgehead atoms. The van der Waals surface area contributed by atoms with Gasteiger partial charge in [0.15, 0.2) is 0 Å². The molecule has 2 aliphatic rings. The third-order valence-electron chi connectivity index (χ3n) is 4.05. The number of aromatic amines is 2. The molecule has 1 aromatic carbocycles. The van der Waals surface area contributed by atoms with Crippen LogP contribution < -0.4 is 21.9 Å². The van der Waals surface area contributed by atoms with Gasteiger partial charge in [0.05, 0.1) is 11.4 Å². The van der Waals surface area contributed by atoms with Crippen LogP contribution in [-0.2, 0) is 9.59 Å². The zero-order valence-corrected chi connectivity index (χ0v) is 13.4. The van der Waals surface area contributed by atoms with E-state index in [0.717, 1.165) is 0 Å². The number of aromatic hydroxyl groups is 1. The fourth-order valence-corrected chi connectivity index (χ4v) is 2.95. The second kappa shape index (κ2) is 5.78. The highest BCUT2D eigenvalue weighted by atomic mass is 16.3. The van der Waals surface area contributed by atoms with Crippen LogP contribution in [0.1, 0.15) is 16.7 Å². The standard InChI is InChI=1S/C16H11N5O6/c22-11-7(12(23)19-15(26)18-11)9-5-3-1-2-4-6(5)10(17-9)8-13(24)20-16(27)21-14(8)25/h1-4,15,26H,(H,18,22)(H,19,23)(H3,20,21,24,25,27). The first-order valence-corrected chi connectivity index (χ1v) is 7.65. The second-order valence-electron chi connectivity index (χ2n) is 5.71. The normalized spacial score (nSPS) is 18.7. The van der Waals surface area contributed by atoms with E-state index in [9.17, 15) is 29.4 Å². The topological polar surface area (TPSA) is 177 Å². The molecular weight excluding hydrogens is 358 g/mol. The number of aliphatic hydroxyl groups is 1. The SMILES string of the molecule is O=C1NC(O)NC(=O)C1=C1N=C(c2c(O)[nH]c(=O)[nH]c2=O)c2ccccc21. The number of fused-ring (bicyclic) bond motifs is 1. The van der Waals surface area contributed by atoms with Crippen LogP contribution in [0.15, 0.2) is 44.4 Å². The summed E-state index contributed by atoms with van der Waals surface area (Å²) in [5.74, 6) is -2.39. The number of aliphatic hydroxyl groups excluding tert-OH is 1. The van der Waals surface area contributed by atoms with Gasteiger partial charge in [-0.2, -0.15) is 0 Å². The average Bonchev–Trinajstić information content (AvgIpc) is 2.93. The van der Waals surface area contributed by atoms with Crippen molar-refractivity contribution < 1.29 is 19.8 Å². The van der Waals surface area contributed by atoms with Crippen LogP contribution in [0.3, 0.4) is 0 Å². The molecule has 0 atom stereocenters. The van der Waals surface area contributed by atoms with E-state index in [1.807, 2.05) is 4.98 Å². The third-order valence-corrected chi connectivity index (χ3v) is 4.05. The van der Waals surface area contributed by atoms with E-state index < -0.39 is 35.3 Å². The van der Waals surface area contributed by atoms with Crippen LogP contribution in [0.4, 0.5) is 0 Å². The molecule has 0 aliphatic carbocycles. The Hall–Kier alpha value is -3.99. The zero-order chi connectivity index (χ0) is 19.3. The minimum absolute atomic E-state index is 0.0187. The molecule has 27 heavy (non-hydrogen) atoms. The van der Waals surface area contributed by atoms with Crippen LogP contribution in [0.25, 0.3) is 5.70 Å². The molecule has 2 aromatic rings. The van der Waals surface area contributed by atoms with E-state index in [1.54, 1.807) is 24.3 Å². The quantitative estimate of drug-likeness (QED) is 0.247. The number of nitrogens with zero attached hydrogens (tertiary/aromatic N) is 1. The summed E-state index contributed by atoms with van der Waals surface area (Å²) in [7, 11) is 0. The van der Waals surface area contributed by atoms with E-state index in [2.05, 4.69) is 20.6 Å². The molecular formula is C16H11N5O6. The molecule has 3 heterocycles. The second-order valence-corrected chi connectivity index (χ2v) is 5.71. The summed E-state index contributed by atoms with van der Waals surface area (Å²) < 4.78 is 0. The Balaban J connectivity index is 2.01. The van der Waals surface area contributed by atoms with Crippen LogP contribution in [0.5, 0.6) is 5.88 Å². The number of carbonyl (C=O) groups excluding carboxylic acids is 2. The highest BCUT2D eigenvalue weighted by molar-refractivity contribution is 6.29. The number of carbonyl (C=O) groups is 2. The molecule has 6 N–H and O–H groups in total. The molecule has 136 valence electrons. The fraction of sp³-hybridized carbons (Fsp3) is 0.0625. The summed E-state index contributed by atoms with van der Waals surface area (Å²) in [4.78, 5) is 56.2. The van der Waals surface area contributed by atoms with Crippen LogP contribution in [-0.4, -0.2) is 44.1 Å². The van der Waals surface area contributed by atoms with Crippen molar-refractivity contribution in [3.63, 3.8) is 0 Å². The van der Waals surface area contributed by atoms with Gasteiger partial charge in [0, 0.05) is 11.1 Å². The van der Waals surface area contributed by atoms with Gasteiger partial charge in [0.1, 0.15) is 11.1 Å². The highest BCUT2D eigenvalue weighted by Gasteiger charge is 2.35.